The van der Waals surface area contributed by atoms with Crippen LogP contribution in [-0.4, -0.2) is 44.4 Å². The van der Waals surface area contributed by atoms with E-state index in [1.807, 2.05) is 17.0 Å². The van der Waals surface area contributed by atoms with Crippen molar-refractivity contribution in [3.63, 3.8) is 0 Å². The van der Waals surface area contributed by atoms with E-state index in [4.69, 9.17) is 4.42 Å². The number of hydrogen-bond donors (Lipinski definition) is 0. The van der Waals surface area contributed by atoms with Crippen LogP contribution in [0.5, 0.6) is 0 Å². The number of hydrogen-bond acceptors (Lipinski definition) is 5. The zero-order valence-corrected chi connectivity index (χ0v) is 15.1. The molecule has 0 bridgehead atoms. The highest BCUT2D eigenvalue weighted by molar-refractivity contribution is 7.99. The molecule has 0 aliphatic carbocycles. The monoisotopic (exact) mass is 348 g/mol. The van der Waals surface area contributed by atoms with Gasteiger partial charge in [-0.15, -0.1) is 10.2 Å². The maximum Gasteiger partial charge on any atom is 0.233 e. The molecule has 0 saturated carbocycles. The lowest BCUT2D eigenvalue weighted by Crippen LogP contribution is -2.36. The number of likely N-dealkylation sites (tertiary alicyclic amines) is 1. The summed E-state index contributed by atoms with van der Waals surface area (Å²) in [6.07, 6.45) is 5.09. The van der Waals surface area contributed by atoms with Crippen molar-refractivity contribution in [2.24, 2.45) is 5.92 Å². The van der Waals surface area contributed by atoms with Crippen LogP contribution >= 0.6 is 11.8 Å². The highest BCUT2D eigenvalue weighted by Crippen LogP contribution is 2.26. The first kappa shape index (κ1) is 17.1. The predicted octanol–water partition coefficient (Wildman–Crippen LogP) is 3.30. The van der Waals surface area contributed by atoms with Crippen LogP contribution in [0.2, 0.25) is 0 Å². The van der Waals surface area contributed by atoms with Crippen LogP contribution in [0.15, 0.2) is 28.0 Å². The normalized spacial score (nSPS) is 15.2. The van der Waals surface area contributed by atoms with E-state index in [1.54, 1.807) is 6.26 Å². The Labute approximate surface area is 146 Å². The molecular formula is C17H24N4O2S. The Morgan fingerprint density at radius 3 is 2.75 bits per heavy atom. The molecule has 0 radical (unpaired) electrons. The van der Waals surface area contributed by atoms with Gasteiger partial charge in [0.05, 0.1) is 12.0 Å². The molecule has 1 fully saturated rings. The van der Waals surface area contributed by atoms with Gasteiger partial charge in [0.1, 0.15) is 0 Å². The van der Waals surface area contributed by atoms with E-state index in [0.717, 1.165) is 43.5 Å². The van der Waals surface area contributed by atoms with Crippen LogP contribution in [0.25, 0.3) is 11.6 Å². The van der Waals surface area contributed by atoms with Crippen LogP contribution in [0.3, 0.4) is 0 Å². The molecule has 6 nitrogen and oxygen atoms in total. The molecule has 2 aromatic heterocycles. The molecule has 3 heterocycles. The molecule has 3 rings (SSSR count). The third kappa shape index (κ3) is 4.01. The Morgan fingerprint density at radius 1 is 1.29 bits per heavy atom. The van der Waals surface area contributed by atoms with Gasteiger partial charge in [0, 0.05) is 19.6 Å². The first-order valence-electron chi connectivity index (χ1n) is 8.53. The summed E-state index contributed by atoms with van der Waals surface area (Å²) in [7, 11) is 0. The van der Waals surface area contributed by atoms with Crippen LogP contribution in [0.4, 0.5) is 0 Å². The van der Waals surface area contributed by atoms with Gasteiger partial charge in [-0.1, -0.05) is 25.6 Å². The van der Waals surface area contributed by atoms with Crippen molar-refractivity contribution in [2.75, 3.05) is 18.8 Å². The lowest BCUT2D eigenvalue weighted by molar-refractivity contribution is -0.129. The first-order chi connectivity index (χ1) is 11.6. The van der Waals surface area contributed by atoms with Gasteiger partial charge in [-0.05, 0) is 37.3 Å². The number of nitrogens with zero attached hydrogens (tertiary/aromatic N) is 4. The number of rotatable bonds is 6. The predicted molar refractivity (Wildman–Crippen MR) is 93.7 cm³/mol. The highest BCUT2D eigenvalue weighted by Gasteiger charge is 2.20. The molecule has 0 atom stereocenters. The average molecular weight is 348 g/mol. The molecule has 1 amide bonds. The number of piperidine rings is 1. The van der Waals surface area contributed by atoms with Gasteiger partial charge in [0.2, 0.25) is 5.91 Å². The fraction of sp³-hybridized carbons (Fsp3) is 0.588. The lowest BCUT2D eigenvalue weighted by atomic mass is 10.1. The van der Waals surface area contributed by atoms with Gasteiger partial charge >= 0.3 is 0 Å². The van der Waals surface area contributed by atoms with Crippen molar-refractivity contribution >= 4 is 17.7 Å². The molecule has 2 aromatic rings. The summed E-state index contributed by atoms with van der Waals surface area (Å²) in [4.78, 5) is 14.3. The molecule has 7 heteroatoms. The Kier molecular flexibility index (Phi) is 5.60. The third-order valence-electron chi connectivity index (χ3n) is 4.04. The zero-order chi connectivity index (χ0) is 16.9. The number of aromatic nitrogens is 3. The molecule has 1 aliphatic rings. The molecule has 0 N–H and O–H groups in total. The van der Waals surface area contributed by atoms with E-state index in [0.29, 0.717) is 17.4 Å². The van der Waals surface area contributed by atoms with Crippen molar-refractivity contribution in [1.29, 1.82) is 0 Å². The van der Waals surface area contributed by atoms with E-state index >= 15 is 0 Å². The van der Waals surface area contributed by atoms with Crippen molar-refractivity contribution in [2.45, 2.75) is 44.8 Å². The van der Waals surface area contributed by atoms with Gasteiger partial charge < -0.3 is 9.32 Å². The minimum atomic E-state index is 0.193. The molecule has 0 spiro atoms. The SMILES string of the molecule is CC(C)Cn1c(SCC(=O)N2CCCCC2)nnc1-c1ccco1. The van der Waals surface area contributed by atoms with E-state index in [9.17, 15) is 4.79 Å². The van der Waals surface area contributed by atoms with Crippen LogP contribution in [0.1, 0.15) is 33.1 Å². The molecule has 24 heavy (non-hydrogen) atoms. The van der Waals surface area contributed by atoms with Gasteiger partial charge in [0.25, 0.3) is 0 Å². The second-order valence-electron chi connectivity index (χ2n) is 6.52. The van der Waals surface area contributed by atoms with Crippen LogP contribution < -0.4 is 0 Å². The van der Waals surface area contributed by atoms with Gasteiger partial charge in [0.15, 0.2) is 16.7 Å². The summed E-state index contributed by atoms with van der Waals surface area (Å²) >= 11 is 1.47. The average Bonchev–Trinajstić information content (AvgIpc) is 3.23. The second-order valence-corrected chi connectivity index (χ2v) is 7.46. The summed E-state index contributed by atoms with van der Waals surface area (Å²) in [6, 6.07) is 3.73. The Hall–Kier alpha value is -1.76. The number of furan rings is 1. The molecule has 1 saturated heterocycles. The van der Waals surface area contributed by atoms with Crippen LogP contribution in [0, 0.1) is 5.92 Å². The van der Waals surface area contributed by atoms with Gasteiger partial charge in [-0.2, -0.15) is 0 Å². The minimum Gasteiger partial charge on any atom is -0.461 e. The standard InChI is InChI=1S/C17H24N4O2S/c1-13(2)11-21-16(14-7-6-10-23-14)18-19-17(21)24-12-15(22)20-8-4-3-5-9-20/h6-7,10,13H,3-5,8-9,11-12H2,1-2H3. The Balaban J connectivity index is 1.71. The molecule has 0 unspecified atom stereocenters. The first-order valence-corrected chi connectivity index (χ1v) is 9.51. The molecule has 130 valence electrons. The smallest absolute Gasteiger partial charge is 0.233 e. The van der Waals surface area contributed by atoms with Crippen LogP contribution in [-0.2, 0) is 11.3 Å². The van der Waals surface area contributed by atoms with E-state index in [1.165, 1.54) is 18.2 Å². The van der Waals surface area contributed by atoms with E-state index in [2.05, 4.69) is 28.6 Å². The summed E-state index contributed by atoms with van der Waals surface area (Å²) in [6.45, 7) is 6.87. The van der Waals surface area contributed by atoms with E-state index in [-0.39, 0.29) is 5.91 Å². The largest absolute Gasteiger partial charge is 0.461 e. The number of carbonyl (C=O) groups excluding carboxylic acids is 1. The maximum absolute atomic E-state index is 12.4. The summed E-state index contributed by atoms with van der Waals surface area (Å²) in [5.41, 5.74) is 0. The Morgan fingerprint density at radius 2 is 2.08 bits per heavy atom. The van der Waals surface area contributed by atoms with Gasteiger partial charge in [-0.25, -0.2) is 0 Å². The fourth-order valence-corrected chi connectivity index (χ4v) is 3.72. The lowest BCUT2D eigenvalue weighted by Gasteiger charge is -2.26. The minimum absolute atomic E-state index is 0.193. The van der Waals surface area contributed by atoms with E-state index < -0.39 is 0 Å². The summed E-state index contributed by atoms with van der Waals surface area (Å²) in [5, 5.41) is 9.34. The quantitative estimate of drug-likeness (QED) is 0.750. The molecule has 1 aliphatic heterocycles. The highest BCUT2D eigenvalue weighted by atomic mass is 32.2. The summed E-state index contributed by atoms with van der Waals surface area (Å²) in [5.74, 6) is 2.48. The summed E-state index contributed by atoms with van der Waals surface area (Å²) < 4.78 is 7.52. The number of amides is 1. The topological polar surface area (TPSA) is 64.2 Å². The number of thioether (sulfide) groups is 1. The maximum atomic E-state index is 12.4. The number of carbonyl (C=O) groups is 1. The third-order valence-corrected chi connectivity index (χ3v) is 4.99. The van der Waals surface area contributed by atoms with Gasteiger partial charge in [-0.3, -0.25) is 9.36 Å². The second kappa shape index (κ2) is 7.88. The van der Waals surface area contributed by atoms with Crippen molar-refractivity contribution in [3.05, 3.63) is 18.4 Å². The molecular weight excluding hydrogens is 324 g/mol. The van der Waals surface area contributed by atoms with Crippen molar-refractivity contribution in [3.8, 4) is 11.6 Å². The fourth-order valence-electron chi connectivity index (χ4n) is 2.87. The molecule has 0 aromatic carbocycles. The van der Waals surface area contributed by atoms with Crippen molar-refractivity contribution < 1.29 is 9.21 Å². The Bertz CT molecular complexity index is 660. The van der Waals surface area contributed by atoms with Crippen molar-refractivity contribution in [1.82, 2.24) is 19.7 Å². The zero-order valence-electron chi connectivity index (χ0n) is 14.3.